The molecule has 1 aromatic carbocycles. The Morgan fingerprint density at radius 3 is 1.73 bits per heavy atom. The van der Waals surface area contributed by atoms with E-state index in [2.05, 4.69) is 0 Å². The van der Waals surface area contributed by atoms with E-state index in [1.165, 1.54) is 0 Å². The second-order valence-electron chi connectivity index (χ2n) is 2.53. The summed E-state index contributed by atoms with van der Waals surface area (Å²) in [6, 6.07) is 2.84. The highest BCUT2D eigenvalue weighted by molar-refractivity contribution is 5.99. The molecular weight excluding hydrogens is 206 g/mol. The number of para-hydroxylation sites is 1. The molecule has 7 heteroatoms. The van der Waals surface area contributed by atoms with E-state index in [1.807, 2.05) is 0 Å². The first kappa shape index (κ1) is 10.6. The van der Waals surface area contributed by atoms with Crippen LogP contribution in [-0.4, -0.2) is 16.9 Å². The van der Waals surface area contributed by atoms with E-state index < -0.39 is 33.7 Å². The van der Waals surface area contributed by atoms with Crippen LogP contribution in [0, 0.1) is 10.1 Å². The molecule has 0 spiro atoms. The number of rotatable bonds is 3. The highest BCUT2D eigenvalue weighted by atomic mass is 16.6. The SMILES string of the molecule is O=C([O-])c1cccc(C(=O)[O-])c1[N+](=O)[O-]. The summed E-state index contributed by atoms with van der Waals surface area (Å²) >= 11 is 0. The number of nitro benzene ring substituents is 1. The molecule has 0 aliphatic rings. The minimum absolute atomic E-state index is 0.790. The van der Waals surface area contributed by atoms with E-state index >= 15 is 0 Å². The van der Waals surface area contributed by atoms with Gasteiger partial charge in [-0.3, -0.25) is 10.1 Å². The molecule has 0 radical (unpaired) electrons. The summed E-state index contributed by atoms with van der Waals surface area (Å²) in [5.74, 6) is -3.63. The van der Waals surface area contributed by atoms with Gasteiger partial charge in [0.2, 0.25) is 0 Å². The summed E-state index contributed by atoms with van der Waals surface area (Å²) in [5, 5.41) is 31.4. The van der Waals surface area contributed by atoms with Crippen molar-refractivity contribution >= 4 is 17.6 Å². The average molecular weight is 209 g/mol. The molecule has 0 saturated heterocycles. The number of aromatic carboxylic acids is 2. The standard InChI is InChI=1S/C8H5NO6/c10-7(11)4-2-1-3-5(8(12)13)6(4)9(14)15/h1-3H,(H,10,11)(H,12,13)/p-2. The maximum atomic E-state index is 10.5. The number of nitrogens with zero attached hydrogens (tertiary/aromatic N) is 1. The smallest absolute Gasteiger partial charge is 0.287 e. The van der Waals surface area contributed by atoms with Gasteiger partial charge in [-0.25, -0.2) is 0 Å². The van der Waals surface area contributed by atoms with Crippen LogP contribution in [0.25, 0.3) is 0 Å². The third-order valence-electron chi connectivity index (χ3n) is 1.66. The van der Waals surface area contributed by atoms with E-state index in [9.17, 15) is 29.9 Å². The van der Waals surface area contributed by atoms with Crippen molar-refractivity contribution in [3.63, 3.8) is 0 Å². The molecule has 0 amide bonds. The second-order valence-corrected chi connectivity index (χ2v) is 2.53. The van der Waals surface area contributed by atoms with Crippen molar-refractivity contribution in [2.45, 2.75) is 0 Å². The minimum Gasteiger partial charge on any atom is -0.545 e. The molecule has 15 heavy (non-hydrogen) atoms. The van der Waals surface area contributed by atoms with Gasteiger partial charge in [-0.1, -0.05) is 6.07 Å². The van der Waals surface area contributed by atoms with Crippen LogP contribution in [0.1, 0.15) is 20.7 Å². The second kappa shape index (κ2) is 3.74. The first-order valence-corrected chi connectivity index (χ1v) is 3.65. The third kappa shape index (κ3) is 1.90. The number of carboxylic acids is 2. The number of carbonyl (C=O) groups excluding carboxylic acids is 2. The van der Waals surface area contributed by atoms with Crippen LogP contribution in [0.5, 0.6) is 0 Å². The highest BCUT2D eigenvalue weighted by Gasteiger charge is 2.20. The number of nitro groups is 1. The number of benzene rings is 1. The molecule has 0 aromatic heterocycles. The fraction of sp³-hybridized carbons (Fsp3) is 0. The van der Waals surface area contributed by atoms with Crippen molar-refractivity contribution in [2.24, 2.45) is 0 Å². The van der Waals surface area contributed by atoms with Crippen LogP contribution in [0.15, 0.2) is 18.2 Å². The van der Waals surface area contributed by atoms with Crippen LogP contribution in [0.2, 0.25) is 0 Å². The molecule has 0 unspecified atom stereocenters. The van der Waals surface area contributed by atoms with E-state index in [0.29, 0.717) is 0 Å². The Bertz CT molecular complexity index is 420. The summed E-state index contributed by atoms with van der Waals surface area (Å²) in [5.41, 5.74) is -2.61. The molecule has 0 N–H and O–H groups in total. The number of hydrogen-bond acceptors (Lipinski definition) is 6. The van der Waals surface area contributed by atoms with Crippen LogP contribution < -0.4 is 10.2 Å². The van der Waals surface area contributed by atoms with Gasteiger partial charge in [0.25, 0.3) is 5.69 Å². The van der Waals surface area contributed by atoms with Gasteiger partial charge in [0.15, 0.2) is 0 Å². The Morgan fingerprint density at radius 1 is 1.07 bits per heavy atom. The molecule has 0 fully saturated rings. The first-order chi connectivity index (χ1) is 6.95. The molecule has 78 valence electrons. The molecule has 0 atom stereocenters. The lowest BCUT2D eigenvalue weighted by atomic mass is 10.1. The van der Waals surface area contributed by atoms with Gasteiger partial charge in [-0.2, -0.15) is 0 Å². The summed E-state index contributed by atoms with van der Waals surface area (Å²) in [4.78, 5) is 30.3. The lowest BCUT2D eigenvalue weighted by Gasteiger charge is -2.08. The number of hydrogen-bond donors (Lipinski definition) is 0. The van der Waals surface area contributed by atoms with E-state index in [-0.39, 0.29) is 0 Å². The molecule has 0 aliphatic heterocycles. The molecular formula is C8H3NO6-2. The fourth-order valence-corrected chi connectivity index (χ4v) is 1.07. The van der Waals surface area contributed by atoms with Crippen LogP contribution in [0.3, 0.4) is 0 Å². The Morgan fingerprint density at radius 2 is 1.47 bits per heavy atom. The van der Waals surface area contributed by atoms with Gasteiger partial charge < -0.3 is 19.8 Å². The van der Waals surface area contributed by atoms with Gasteiger partial charge in [-0.05, 0) is 12.1 Å². The summed E-state index contributed by atoms with van der Waals surface area (Å²) in [6.45, 7) is 0. The average Bonchev–Trinajstić information content (AvgIpc) is 2.16. The quantitative estimate of drug-likeness (QED) is 0.432. The normalized spacial score (nSPS) is 9.60. The van der Waals surface area contributed by atoms with Crippen LogP contribution >= 0.6 is 0 Å². The molecule has 0 heterocycles. The zero-order valence-electron chi connectivity index (χ0n) is 7.13. The summed E-state index contributed by atoms with van der Waals surface area (Å²) in [6.07, 6.45) is 0. The molecule has 0 bridgehead atoms. The van der Waals surface area contributed by atoms with Crippen LogP contribution in [-0.2, 0) is 0 Å². The van der Waals surface area contributed by atoms with E-state index in [1.54, 1.807) is 0 Å². The molecule has 0 saturated carbocycles. The van der Waals surface area contributed by atoms with Gasteiger partial charge >= 0.3 is 0 Å². The highest BCUT2D eigenvalue weighted by Crippen LogP contribution is 2.22. The van der Waals surface area contributed by atoms with Crippen molar-refractivity contribution < 1.29 is 24.7 Å². The third-order valence-corrected chi connectivity index (χ3v) is 1.66. The van der Waals surface area contributed by atoms with E-state index in [4.69, 9.17) is 0 Å². The van der Waals surface area contributed by atoms with E-state index in [0.717, 1.165) is 18.2 Å². The van der Waals surface area contributed by atoms with Crippen molar-refractivity contribution in [3.05, 3.63) is 39.4 Å². The Hall–Kier alpha value is -2.44. The lowest BCUT2D eigenvalue weighted by Crippen LogP contribution is -2.27. The van der Waals surface area contributed by atoms with Crippen molar-refractivity contribution in [2.75, 3.05) is 0 Å². The summed E-state index contributed by atoms with van der Waals surface area (Å²) in [7, 11) is 0. The first-order valence-electron chi connectivity index (χ1n) is 3.65. The van der Waals surface area contributed by atoms with Crippen molar-refractivity contribution in [1.29, 1.82) is 0 Å². The van der Waals surface area contributed by atoms with Crippen molar-refractivity contribution in [1.82, 2.24) is 0 Å². The Kier molecular flexibility index (Phi) is 2.65. The lowest BCUT2D eigenvalue weighted by molar-refractivity contribution is -0.386. The number of carboxylic acid groups (broad SMARTS) is 2. The fourth-order valence-electron chi connectivity index (χ4n) is 1.07. The zero-order valence-corrected chi connectivity index (χ0v) is 7.13. The van der Waals surface area contributed by atoms with Gasteiger partial charge in [0.05, 0.1) is 28.0 Å². The predicted molar refractivity (Wildman–Crippen MR) is 41.8 cm³/mol. The van der Waals surface area contributed by atoms with Gasteiger partial charge in [-0.15, -0.1) is 0 Å². The van der Waals surface area contributed by atoms with Gasteiger partial charge in [0, 0.05) is 0 Å². The molecule has 1 rings (SSSR count). The predicted octanol–water partition coefficient (Wildman–Crippen LogP) is -1.68. The maximum absolute atomic E-state index is 10.5. The zero-order chi connectivity index (χ0) is 11.6. The monoisotopic (exact) mass is 209 g/mol. The van der Waals surface area contributed by atoms with Gasteiger partial charge in [0.1, 0.15) is 0 Å². The Labute approximate surface area is 82.7 Å². The molecule has 7 nitrogen and oxygen atoms in total. The van der Waals surface area contributed by atoms with Crippen LogP contribution in [0.4, 0.5) is 5.69 Å². The molecule has 1 aromatic rings. The minimum atomic E-state index is -1.82. The maximum Gasteiger partial charge on any atom is 0.287 e. The Balaban J connectivity index is 3.56. The molecule has 0 aliphatic carbocycles. The number of carbonyl (C=O) groups is 2. The van der Waals surface area contributed by atoms with Crippen molar-refractivity contribution in [3.8, 4) is 0 Å². The largest absolute Gasteiger partial charge is 0.545 e. The summed E-state index contributed by atoms with van der Waals surface area (Å²) < 4.78 is 0. The topological polar surface area (TPSA) is 123 Å².